The van der Waals surface area contributed by atoms with Crippen LogP contribution in [0.4, 0.5) is 0 Å². The monoisotopic (exact) mass is 322 g/mol. The van der Waals surface area contributed by atoms with Crippen LogP contribution in [0, 0.1) is 11.8 Å². The molecule has 1 aromatic rings. The molecule has 0 saturated carbocycles. The van der Waals surface area contributed by atoms with E-state index < -0.39 is 24.9 Å². The van der Waals surface area contributed by atoms with E-state index in [-0.39, 0.29) is 18.2 Å². The third-order valence-corrected chi connectivity index (χ3v) is 3.31. The molecule has 8 nitrogen and oxygen atoms in total. The van der Waals surface area contributed by atoms with Gasteiger partial charge in [-0.15, -0.1) is 0 Å². The molecule has 1 rings (SSSR count). The summed E-state index contributed by atoms with van der Waals surface area (Å²) in [6.07, 6.45) is 4.83. The number of hydrogen-bond donors (Lipinski definition) is 4. The van der Waals surface area contributed by atoms with Gasteiger partial charge in [-0.05, 0) is 18.3 Å². The first kappa shape index (κ1) is 19.1. The number of aromatic nitrogens is 2. The molecule has 9 heteroatoms. The van der Waals surface area contributed by atoms with Crippen molar-refractivity contribution in [3.63, 3.8) is 0 Å². The van der Waals surface area contributed by atoms with Gasteiger partial charge in [0.1, 0.15) is 5.69 Å². The van der Waals surface area contributed by atoms with E-state index in [1.807, 2.05) is 20.8 Å². The first-order valence-corrected chi connectivity index (χ1v) is 7.51. The minimum absolute atomic E-state index is 0.104. The average molecular weight is 322 g/mol. The predicted octanol–water partition coefficient (Wildman–Crippen LogP) is -0.615. The summed E-state index contributed by atoms with van der Waals surface area (Å²) in [5.74, 6) is -1.58. The summed E-state index contributed by atoms with van der Waals surface area (Å²) in [6.45, 7) is 5.58. The first-order valence-electron chi connectivity index (χ1n) is 7.51. The molecule has 0 aliphatic heterocycles. The van der Waals surface area contributed by atoms with Gasteiger partial charge >= 0.3 is 7.12 Å². The third kappa shape index (κ3) is 6.75. The molecule has 0 spiro atoms. The molecule has 0 aliphatic rings. The summed E-state index contributed by atoms with van der Waals surface area (Å²) in [6, 6.07) is 0. The van der Waals surface area contributed by atoms with E-state index >= 15 is 0 Å². The topological polar surface area (TPSA) is 124 Å². The van der Waals surface area contributed by atoms with Gasteiger partial charge in [0.05, 0.1) is 18.7 Å². The van der Waals surface area contributed by atoms with Crippen LogP contribution in [0.25, 0.3) is 0 Å². The summed E-state index contributed by atoms with van der Waals surface area (Å²) in [7, 11) is -1.66. The zero-order valence-electron chi connectivity index (χ0n) is 13.6. The van der Waals surface area contributed by atoms with Gasteiger partial charge in [0.25, 0.3) is 5.91 Å². The fraction of sp³-hybridized carbons (Fsp3) is 0.571. The maximum Gasteiger partial charge on any atom is 0.475 e. The number of amides is 2. The SMILES string of the molecule is CC(C)C[C@H](C)C(NC(=O)CNC(=O)c1cnccn1)B(O)O. The van der Waals surface area contributed by atoms with Crippen LogP contribution in [0.15, 0.2) is 18.6 Å². The van der Waals surface area contributed by atoms with Gasteiger partial charge in [0.2, 0.25) is 5.91 Å². The molecule has 0 saturated heterocycles. The maximum atomic E-state index is 11.9. The molecular formula is C14H23BN4O4. The second-order valence-electron chi connectivity index (χ2n) is 5.89. The summed E-state index contributed by atoms with van der Waals surface area (Å²) in [5.41, 5.74) is 0.104. The summed E-state index contributed by atoms with van der Waals surface area (Å²) in [4.78, 5) is 31.2. The van der Waals surface area contributed by atoms with Crippen molar-refractivity contribution >= 4 is 18.9 Å². The molecule has 1 heterocycles. The number of nitrogens with one attached hydrogen (secondary N) is 2. The highest BCUT2D eigenvalue weighted by molar-refractivity contribution is 6.43. The molecule has 1 aromatic heterocycles. The molecule has 2 amide bonds. The van der Waals surface area contributed by atoms with Gasteiger partial charge < -0.3 is 20.7 Å². The van der Waals surface area contributed by atoms with Crippen molar-refractivity contribution in [3.8, 4) is 0 Å². The fourth-order valence-corrected chi connectivity index (χ4v) is 2.31. The number of hydrogen-bond acceptors (Lipinski definition) is 6. The van der Waals surface area contributed by atoms with Crippen LogP contribution in [0.5, 0.6) is 0 Å². The average Bonchev–Trinajstić information content (AvgIpc) is 2.50. The number of rotatable bonds is 8. The number of carbonyl (C=O) groups excluding carboxylic acids is 2. The van der Waals surface area contributed by atoms with Gasteiger partial charge in [-0.1, -0.05) is 20.8 Å². The van der Waals surface area contributed by atoms with E-state index in [0.717, 1.165) is 6.42 Å². The quantitative estimate of drug-likeness (QED) is 0.473. The lowest BCUT2D eigenvalue weighted by atomic mass is 9.70. The zero-order valence-corrected chi connectivity index (χ0v) is 13.6. The lowest BCUT2D eigenvalue weighted by Crippen LogP contribution is -2.52. The Morgan fingerprint density at radius 3 is 2.48 bits per heavy atom. The number of carbonyl (C=O) groups is 2. The number of nitrogens with zero attached hydrogens (tertiary/aromatic N) is 2. The molecule has 0 bridgehead atoms. The zero-order chi connectivity index (χ0) is 17.4. The Morgan fingerprint density at radius 2 is 1.96 bits per heavy atom. The Labute approximate surface area is 135 Å². The van der Waals surface area contributed by atoms with E-state index in [2.05, 4.69) is 20.6 Å². The molecule has 0 aliphatic carbocycles. The molecule has 4 N–H and O–H groups in total. The lowest BCUT2D eigenvalue weighted by molar-refractivity contribution is -0.120. The van der Waals surface area contributed by atoms with Crippen LogP contribution in [0.2, 0.25) is 0 Å². The van der Waals surface area contributed by atoms with Gasteiger partial charge in [-0.3, -0.25) is 14.6 Å². The van der Waals surface area contributed by atoms with Crippen molar-refractivity contribution in [3.05, 3.63) is 24.3 Å². The largest absolute Gasteiger partial charge is 0.475 e. The normalized spacial score (nSPS) is 13.3. The van der Waals surface area contributed by atoms with Gasteiger partial charge in [0, 0.05) is 12.4 Å². The Kier molecular flexibility index (Phi) is 7.63. The smallest absolute Gasteiger partial charge is 0.426 e. The van der Waals surface area contributed by atoms with Crippen molar-refractivity contribution in [1.82, 2.24) is 20.6 Å². The Morgan fingerprint density at radius 1 is 1.26 bits per heavy atom. The van der Waals surface area contributed by atoms with E-state index in [1.165, 1.54) is 18.6 Å². The Hall–Kier alpha value is -2.00. The highest BCUT2D eigenvalue weighted by Gasteiger charge is 2.31. The van der Waals surface area contributed by atoms with Crippen LogP contribution in [0.1, 0.15) is 37.7 Å². The third-order valence-electron chi connectivity index (χ3n) is 3.31. The highest BCUT2D eigenvalue weighted by atomic mass is 16.4. The molecule has 0 radical (unpaired) electrons. The van der Waals surface area contributed by atoms with Crippen molar-refractivity contribution in [2.45, 2.75) is 33.1 Å². The van der Waals surface area contributed by atoms with Crippen molar-refractivity contribution in [2.24, 2.45) is 11.8 Å². The van der Waals surface area contributed by atoms with Crippen LogP contribution in [-0.4, -0.2) is 51.4 Å². The molecule has 2 atom stereocenters. The molecule has 0 aromatic carbocycles. The molecular weight excluding hydrogens is 299 g/mol. The first-order chi connectivity index (χ1) is 10.8. The van der Waals surface area contributed by atoms with Crippen molar-refractivity contribution in [1.29, 1.82) is 0 Å². The van der Waals surface area contributed by atoms with E-state index in [4.69, 9.17) is 0 Å². The van der Waals surface area contributed by atoms with Gasteiger partial charge in [-0.2, -0.15) is 0 Å². The van der Waals surface area contributed by atoms with Crippen LogP contribution >= 0.6 is 0 Å². The van der Waals surface area contributed by atoms with Crippen LogP contribution in [-0.2, 0) is 4.79 Å². The molecule has 126 valence electrons. The van der Waals surface area contributed by atoms with E-state index in [0.29, 0.717) is 5.92 Å². The standard InChI is InChI=1S/C14H23BN4O4/c1-9(2)6-10(3)13(15(22)23)19-12(20)8-18-14(21)11-7-16-4-5-17-11/h4-5,7,9-10,13,22-23H,6,8H2,1-3H3,(H,18,21)(H,19,20)/t10-,13?/m0/s1. The fourth-order valence-electron chi connectivity index (χ4n) is 2.31. The second kappa shape index (κ2) is 9.21. The summed E-state index contributed by atoms with van der Waals surface area (Å²) in [5, 5.41) is 23.8. The molecule has 23 heavy (non-hydrogen) atoms. The predicted molar refractivity (Wildman–Crippen MR) is 85.1 cm³/mol. The van der Waals surface area contributed by atoms with Crippen LogP contribution in [0.3, 0.4) is 0 Å². The summed E-state index contributed by atoms with van der Waals surface area (Å²) >= 11 is 0. The van der Waals surface area contributed by atoms with Crippen molar-refractivity contribution < 1.29 is 19.6 Å². The Bertz CT molecular complexity index is 513. The van der Waals surface area contributed by atoms with Crippen molar-refractivity contribution in [2.75, 3.05) is 6.54 Å². The van der Waals surface area contributed by atoms with Crippen LogP contribution < -0.4 is 10.6 Å². The van der Waals surface area contributed by atoms with Gasteiger partial charge in [-0.25, -0.2) is 4.98 Å². The van der Waals surface area contributed by atoms with Gasteiger partial charge in [0.15, 0.2) is 0 Å². The molecule has 0 fully saturated rings. The lowest BCUT2D eigenvalue weighted by Gasteiger charge is -2.25. The highest BCUT2D eigenvalue weighted by Crippen LogP contribution is 2.15. The maximum absolute atomic E-state index is 11.9. The van der Waals surface area contributed by atoms with E-state index in [1.54, 1.807) is 0 Å². The minimum atomic E-state index is -1.66. The van der Waals surface area contributed by atoms with E-state index in [9.17, 15) is 19.6 Å². The molecule has 1 unspecified atom stereocenters. The Balaban J connectivity index is 2.51. The summed E-state index contributed by atoms with van der Waals surface area (Å²) < 4.78 is 0. The second-order valence-corrected chi connectivity index (χ2v) is 5.89. The minimum Gasteiger partial charge on any atom is -0.426 e.